The highest BCUT2D eigenvalue weighted by atomic mass is 35.5. The van der Waals surface area contributed by atoms with Gasteiger partial charge in [0.2, 0.25) is 5.91 Å². The van der Waals surface area contributed by atoms with E-state index in [1.165, 1.54) is 0 Å². The molecule has 0 spiro atoms. The summed E-state index contributed by atoms with van der Waals surface area (Å²) in [7, 11) is 0. The third-order valence-electron chi connectivity index (χ3n) is 7.29. The molecule has 7 heteroatoms. The number of nitrogens with zero attached hydrogens (tertiary/aromatic N) is 1. The first kappa shape index (κ1) is 24.5. The summed E-state index contributed by atoms with van der Waals surface area (Å²) in [6, 6.07) is 8.68. The number of halogens is 1. The lowest BCUT2D eigenvalue weighted by Gasteiger charge is -2.34. The van der Waals surface area contributed by atoms with Gasteiger partial charge in [0.1, 0.15) is 11.8 Å². The van der Waals surface area contributed by atoms with Crippen molar-refractivity contribution in [3.8, 4) is 6.07 Å². The van der Waals surface area contributed by atoms with E-state index in [-0.39, 0.29) is 35.2 Å². The molecule has 0 radical (unpaired) electrons. The maximum atomic E-state index is 13.2. The summed E-state index contributed by atoms with van der Waals surface area (Å²) in [5, 5.41) is 13.9. The molecule has 2 aliphatic carbocycles. The summed E-state index contributed by atoms with van der Waals surface area (Å²) in [6.45, 7) is 4.18. The molecule has 2 N–H and O–H groups in total. The van der Waals surface area contributed by atoms with Crippen LogP contribution in [0.15, 0.2) is 24.3 Å². The van der Waals surface area contributed by atoms with Crippen molar-refractivity contribution in [1.29, 1.82) is 5.26 Å². The Morgan fingerprint density at radius 2 is 2.03 bits per heavy atom. The number of carbonyl (C=O) groups is 3. The topological polar surface area (TPSA) is 103 Å². The molecular formula is C27H32ClN3O3. The van der Waals surface area contributed by atoms with Gasteiger partial charge in [-0.3, -0.25) is 14.4 Å². The van der Waals surface area contributed by atoms with Gasteiger partial charge in [-0.05, 0) is 49.1 Å². The van der Waals surface area contributed by atoms with Crippen molar-refractivity contribution >= 4 is 40.0 Å². The zero-order chi connectivity index (χ0) is 24.5. The van der Waals surface area contributed by atoms with Gasteiger partial charge in [-0.25, -0.2) is 0 Å². The molecule has 2 aromatic rings. The minimum Gasteiger partial charge on any atom is -0.351 e. The minimum atomic E-state index is -0.730. The van der Waals surface area contributed by atoms with Crippen LogP contribution in [0.4, 0.5) is 0 Å². The van der Waals surface area contributed by atoms with Crippen LogP contribution >= 0.6 is 11.6 Å². The molecule has 0 bridgehead atoms. The summed E-state index contributed by atoms with van der Waals surface area (Å²) in [6.07, 6.45) is 5.35. The lowest BCUT2D eigenvalue weighted by molar-refractivity contribution is -0.129. The Morgan fingerprint density at radius 3 is 2.68 bits per heavy atom. The molecule has 4 rings (SSSR count). The van der Waals surface area contributed by atoms with Gasteiger partial charge in [0.05, 0.1) is 22.3 Å². The molecule has 3 atom stereocenters. The van der Waals surface area contributed by atoms with Gasteiger partial charge in [-0.1, -0.05) is 50.4 Å². The highest BCUT2D eigenvalue weighted by Gasteiger charge is 2.36. The molecule has 0 saturated heterocycles. The van der Waals surface area contributed by atoms with E-state index in [1.54, 1.807) is 12.1 Å². The van der Waals surface area contributed by atoms with E-state index in [1.807, 2.05) is 12.1 Å². The predicted molar refractivity (Wildman–Crippen MR) is 131 cm³/mol. The fourth-order valence-corrected chi connectivity index (χ4v) is 5.27. The SMILES string of the molecule is CC1(C)CC[C@@H](C[C@@H](C#N)NC(=O)[C@@H](CC(=O)c2cc3cccc(Cl)c3[nH]2)CC2CC2)C(=O)C1. The maximum absolute atomic E-state index is 13.2. The number of fused-ring (bicyclic) bond motifs is 1. The van der Waals surface area contributed by atoms with Crippen LogP contribution in [0, 0.1) is 34.5 Å². The van der Waals surface area contributed by atoms with Crippen LogP contribution in [0.2, 0.25) is 5.02 Å². The Hall–Kier alpha value is -2.65. The van der Waals surface area contributed by atoms with E-state index < -0.39 is 12.0 Å². The van der Waals surface area contributed by atoms with Gasteiger partial charge in [-0.15, -0.1) is 0 Å². The van der Waals surface area contributed by atoms with Gasteiger partial charge in [0.25, 0.3) is 0 Å². The molecule has 0 unspecified atom stereocenters. The van der Waals surface area contributed by atoms with Crippen LogP contribution in [0.3, 0.4) is 0 Å². The molecule has 180 valence electrons. The van der Waals surface area contributed by atoms with Crippen LogP contribution in [-0.4, -0.2) is 28.5 Å². The number of nitriles is 1. The van der Waals surface area contributed by atoms with Gasteiger partial charge in [-0.2, -0.15) is 5.26 Å². The second-order valence-corrected chi connectivity index (χ2v) is 11.3. The number of rotatable bonds is 9. The highest BCUT2D eigenvalue weighted by molar-refractivity contribution is 6.35. The fourth-order valence-electron chi connectivity index (χ4n) is 5.04. The number of amides is 1. The Kier molecular flexibility index (Phi) is 7.14. The molecule has 1 aromatic carbocycles. The number of Topliss-reactive ketones (excluding diaryl/α,β-unsaturated/α-hetero) is 2. The van der Waals surface area contributed by atoms with Gasteiger partial charge < -0.3 is 10.3 Å². The number of hydrogen-bond acceptors (Lipinski definition) is 4. The van der Waals surface area contributed by atoms with Crippen molar-refractivity contribution < 1.29 is 14.4 Å². The van der Waals surface area contributed by atoms with E-state index >= 15 is 0 Å². The normalized spacial score (nSPS) is 21.6. The number of para-hydroxylation sites is 1. The van der Waals surface area contributed by atoms with Crippen LogP contribution < -0.4 is 5.32 Å². The molecule has 34 heavy (non-hydrogen) atoms. The van der Waals surface area contributed by atoms with Crippen LogP contribution in [0.25, 0.3) is 10.9 Å². The monoisotopic (exact) mass is 481 g/mol. The standard InChI is InChI=1S/C27H32ClN3O3/c1-27(2)9-8-17(24(33)14-27)11-20(15-29)30-26(34)19(10-16-6-7-16)13-23(32)22-12-18-4-3-5-21(28)25(18)31-22/h3-5,12,16-17,19-20,31H,6-11,13-14H2,1-2H3,(H,30,34)/t17-,19+,20-/m0/s1. The predicted octanol–water partition coefficient (Wildman–Crippen LogP) is 5.60. The smallest absolute Gasteiger partial charge is 0.224 e. The van der Waals surface area contributed by atoms with E-state index in [4.69, 9.17) is 11.6 Å². The van der Waals surface area contributed by atoms with E-state index in [2.05, 4.69) is 30.2 Å². The molecule has 1 heterocycles. The molecule has 2 aliphatic rings. The van der Waals surface area contributed by atoms with Crippen molar-refractivity contribution in [2.75, 3.05) is 0 Å². The van der Waals surface area contributed by atoms with Crippen LogP contribution in [0.5, 0.6) is 0 Å². The van der Waals surface area contributed by atoms with Crippen molar-refractivity contribution in [3.05, 3.63) is 35.0 Å². The zero-order valence-electron chi connectivity index (χ0n) is 19.8. The average Bonchev–Trinajstić information content (AvgIpc) is 3.48. The lowest BCUT2D eigenvalue weighted by atomic mass is 9.71. The first-order valence-electron chi connectivity index (χ1n) is 12.2. The second-order valence-electron chi connectivity index (χ2n) is 10.9. The number of aromatic amines is 1. The number of hydrogen-bond donors (Lipinski definition) is 2. The molecule has 2 fully saturated rings. The Balaban J connectivity index is 1.41. The second kappa shape index (κ2) is 9.92. The average molecular weight is 482 g/mol. The Bertz CT molecular complexity index is 1140. The van der Waals surface area contributed by atoms with E-state index in [0.29, 0.717) is 41.4 Å². The quantitative estimate of drug-likeness (QED) is 0.454. The van der Waals surface area contributed by atoms with Gasteiger partial charge in [0.15, 0.2) is 5.78 Å². The van der Waals surface area contributed by atoms with Crippen LogP contribution in [-0.2, 0) is 9.59 Å². The zero-order valence-corrected chi connectivity index (χ0v) is 20.6. The molecule has 1 amide bonds. The fraction of sp³-hybridized carbons (Fsp3) is 0.556. The van der Waals surface area contributed by atoms with Crippen molar-refractivity contribution in [2.45, 2.75) is 71.3 Å². The third-order valence-corrected chi connectivity index (χ3v) is 7.61. The number of H-pyrrole nitrogens is 1. The molecule has 1 aromatic heterocycles. The summed E-state index contributed by atoms with van der Waals surface area (Å²) in [5.74, 6) is -0.497. The van der Waals surface area contributed by atoms with Crippen molar-refractivity contribution in [3.63, 3.8) is 0 Å². The maximum Gasteiger partial charge on any atom is 0.224 e. The summed E-state index contributed by atoms with van der Waals surface area (Å²) in [5.41, 5.74) is 1.14. The number of benzene rings is 1. The third kappa shape index (κ3) is 5.88. The molecular weight excluding hydrogens is 450 g/mol. The van der Waals surface area contributed by atoms with E-state index in [9.17, 15) is 19.6 Å². The highest BCUT2D eigenvalue weighted by Crippen LogP contribution is 2.38. The largest absolute Gasteiger partial charge is 0.351 e. The molecule has 6 nitrogen and oxygen atoms in total. The van der Waals surface area contributed by atoms with Gasteiger partial charge >= 0.3 is 0 Å². The summed E-state index contributed by atoms with van der Waals surface area (Å²) in [4.78, 5) is 41.9. The van der Waals surface area contributed by atoms with E-state index in [0.717, 1.165) is 31.1 Å². The Morgan fingerprint density at radius 1 is 1.26 bits per heavy atom. The van der Waals surface area contributed by atoms with Crippen molar-refractivity contribution in [2.24, 2.45) is 23.2 Å². The first-order valence-corrected chi connectivity index (χ1v) is 12.6. The van der Waals surface area contributed by atoms with Crippen LogP contribution in [0.1, 0.15) is 75.7 Å². The Labute approximate surface area is 205 Å². The summed E-state index contributed by atoms with van der Waals surface area (Å²) >= 11 is 6.23. The summed E-state index contributed by atoms with van der Waals surface area (Å²) < 4.78 is 0. The number of aromatic nitrogens is 1. The minimum absolute atomic E-state index is 0.00153. The number of carbonyl (C=O) groups excluding carboxylic acids is 3. The molecule has 0 aliphatic heterocycles. The van der Waals surface area contributed by atoms with Crippen molar-refractivity contribution in [1.82, 2.24) is 10.3 Å². The molecule has 2 saturated carbocycles. The number of nitrogens with one attached hydrogen (secondary N) is 2. The lowest BCUT2D eigenvalue weighted by Crippen LogP contribution is -2.42. The van der Waals surface area contributed by atoms with Gasteiger partial charge in [0, 0.05) is 30.1 Å². The first-order chi connectivity index (χ1) is 16.1. The number of ketones is 2.